The monoisotopic (exact) mass is 418 g/mol. The van der Waals surface area contributed by atoms with Crippen LogP contribution in [0.1, 0.15) is 27.6 Å². The number of ketones is 1. The fourth-order valence-corrected chi connectivity index (χ4v) is 3.26. The van der Waals surface area contributed by atoms with Gasteiger partial charge in [0.2, 0.25) is 0 Å². The Labute approximate surface area is 180 Å². The second-order valence-electron chi connectivity index (χ2n) is 6.67. The SMILES string of the molecule is C=CC(=O)OC(c1cc(-c2ccccc2C(=O)c2ccccc2)ccc1OC)C(O)O. The average Bonchev–Trinajstić information content (AvgIpc) is 2.81. The number of carbonyl (C=O) groups is 2. The van der Waals surface area contributed by atoms with Crippen molar-refractivity contribution < 1.29 is 29.3 Å². The molecule has 0 saturated heterocycles. The zero-order chi connectivity index (χ0) is 22.4. The Hall–Kier alpha value is -3.74. The molecule has 0 aliphatic rings. The third-order valence-corrected chi connectivity index (χ3v) is 4.74. The second-order valence-corrected chi connectivity index (χ2v) is 6.67. The summed E-state index contributed by atoms with van der Waals surface area (Å²) in [5.74, 6) is -0.666. The van der Waals surface area contributed by atoms with E-state index in [0.717, 1.165) is 6.08 Å². The summed E-state index contributed by atoms with van der Waals surface area (Å²) in [6, 6.07) is 21.0. The van der Waals surface area contributed by atoms with Crippen LogP contribution < -0.4 is 4.74 Å². The van der Waals surface area contributed by atoms with Gasteiger partial charge in [-0.05, 0) is 23.3 Å². The average molecular weight is 418 g/mol. The Morgan fingerprint density at radius 3 is 2.29 bits per heavy atom. The number of carbonyl (C=O) groups excluding carboxylic acids is 2. The molecule has 1 atom stereocenters. The van der Waals surface area contributed by atoms with Gasteiger partial charge in [-0.2, -0.15) is 0 Å². The van der Waals surface area contributed by atoms with Crippen molar-refractivity contribution in [3.05, 3.63) is 102 Å². The number of aliphatic hydroxyl groups is 2. The van der Waals surface area contributed by atoms with E-state index in [4.69, 9.17) is 9.47 Å². The second kappa shape index (κ2) is 9.84. The molecule has 0 aliphatic heterocycles. The number of ether oxygens (including phenoxy) is 2. The van der Waals surface area contributed by atoms with Gasteiger partial charge in [-0.25, -0.2) is 4.79 Å². The summed E-state index contributed by atoms with van der Waals surface area (Å²) in [5.41, 5.74) is 2.53. The summed E-state index contributed by atoms with van der Waals surface area (Å²) in [6.07, 6.45) is -2.47. The first-order valence-corrected chi connectivity index (χ1v) is 9.52. The molecule has 0 aliphatic carbocycles. The fraction of sp³-hybridized carbons (Fsp3) is 0.120. The first-order chi connectivity index (χ1) is 15.0. The van der Waals surface area contributed by atoms with Crippen molar-refractivity contribution >= 4 is 11.8 Å². The normalized spacial score (nSPS) is 11.6. The van der Waals surface area contributed by atoms with Crippen molar-refractivity contribution in [2.45, 2.75) is 12.4 Å². The van der Waals surface area contributed by atoms with Gasteiger partial charge in [-0.3, -0.25) is 4.79 Å². The minimum absolute atomic E-state index is 0.148. The van der Waals surface area contributed by atoms with Crippen LogP contribution in [-0.2, 0) is 9.53 Å². The first-order valence-electron chi connectivity index (χ1n) is 9.52. The topological polar surface area (TPSA) is 93.1 Å². The van der Waals surface area contributed by atoms with E-state index in [0.29, 0.717) is 28.0 Å². The van der Waals surface area contributed by atoms with E-state index in [2.05, 4.69) is 6.58 Å². The van der Waals surface area contributed by atoms with Crippen molar-refractivity contribution in [3.8, 4) is 16.9 Å². The van der Waals surface area contributed by atoms with Crippen LogP contribution in [0.2, 0.25) is 0 Å². The smallest absolute Gasteiger partial charge is 0.330 e. The quantitative estimate of drug-likeness (QED) is 0.251. The molecule has 6 heteroatoms. The van der Waals surface area contributed by atoms with E-state index in [-0.39, 0.29) is 11.3 Å². The van der Waals surface area contributed by atoms with Crippen LogP contribution in [0, 0.1) is 0 Å². The highest BCUT2D eigenvalue weighted by Crippen LogP contribution is 2.35. The van der Waals surface area contributed by atoms with Crippen molar-refractivity contribution in [1.29, 1.82) is 0 Å². The molecule has 0 heterocycles. The Bertz CT molecular complexity index is 1090. The molecule has 3 aromatic carbocycles. The molecule has 3 aromatic rings. The summed E-state index contributed by atoms with van der Waals surface area (Å²) >= 11 is 0. The third kappa shape index (κ3) is 4.88. The van der Waals surface area contributed by atoms with Gasteiger partial charge in [0, 0.05) is 22.8 Å². The van der Waals surface area contributed by atoms with Crippen LogP contribution in [0.4, 0.5) is 0 Å². The minimum atomic E-state index is -1.99. The maximum atomic E-state index is 13.1. The highest BCUT2D eigenvalue weighted by atomic mass is 16.6. The molecule has 0 radical (unpaired) electrons. The minimum Gasteiger partial charge on any atom is -0.496 e. The lowest BCUT2D eigenvalue weighted by atomic mass is 9.92. The molecular weight excluding hydrogens is 396 g/mol. The maximum Gasteiger partial charge on any atom is 0.330 e. The summed E-state index contributed by atoms with van der Waals surface area (Å²) in [4.78, 5) is 24.8. The van der Waals surface area contributed by atoms with Crippen molar-refractivity contribution in [3.63, 3.8) is 0 Å². The number of hydrogen-bond donors (Lipinski definition) is 2. The molecule has 31 heavy (non-hydrogen) atoms. The number of esters is 1. The van der Waals surface area contributed by atoms with E-state index in [1.165, 1.54) is 7.11 Å². The number of aliphatic hydroxyl groups excluding tert-OH is 1. The van der Waals surface area contributed by atoms with E-state index in [9.17, 15) is 19.8 Å². The predicted molar refractivity (Wildman–Crippen MR) is 116 cm³/mol. The molecule has 2 N–H and O–H groups in total. The number of rotatable bonds is 8. The van der Waals surface area contributed by atoms with Crippen LogP contribution in [0.3, 0.4) is 0 Å². The first kappa shape index (κ1) is 22.0. The Morgan fingerprint density at radius 2 is 1.65 bits per heavy atom. The third-order valence-electron chi connectivity index (χ3n) is 4.74. The van der Waals surface area contributed by atoms with Crippen molar-refractivity contribution in [2.24, 2.45) is 0 Å². The van der Waals surface area contributed by atoms with E-state index >= 15 is 0 Å². The Balaban J connectivity index is 2.11. The maximum absolute atomic E-state index is 13.1. The molecule has 158 valence electrons. The van der Waals surface area contributed by atoms with Crippen LogP contribution >= 0.6 is 0 Å². The Kier molecular flexibility index (Phi) is 6.97. The van der Waals surface area contributed by atoms with E-state index in [1.54, 1.807) is 66.7 Å². The van der Waals surface area contributed by atoms with E-state index in [1.807, 2.05) is 6.07 Å². The lowest BCUT2D eigenvalue weighted by molar-refractivity contribution is -0.172. The van der Waals surface area contributed by atoms with Crippen molar-refractivity contribution in [1.82, 2.24) is 0 Å². The molecule has 0 spiro atoms. The van der Waals surface area contributed by atoms with Gasteiger partial charge in [0.05, 0.1) is 7.11 Å². The number of benzene rings is 3. The predicted octanol–water partition coefficient (Wildman–Crippen LogP) is 3.67. The van der Waals surface area contributed by atoms with Gasteiger partial charge < -0.3 is 19.7 Å². The van der Waals surface area contributed by atoms with Crippen LogP contribution in [0.15, 0.2) is 85.5 Å². The molecule has 0 fully saturated rings. The van der Waals surface area contributed by atoms with E-state index < -0.39 is 18.4 Å². The van der Waals surface area contributed by atoms with Gasteiger partial charge in [0.15, 0.2) is 18.2 Å². The fourth-order valence-electron chi connectivity index (χ4n) is 3.26. The van der Waals surface area contributed by atoms with Gasteiger partial charge in [0.25, 0.3) is 0 Å². The standard InChI is InChI=1S/C25H22O6/c1-3-22(26)31-24(25(28)29)20-15-17(13-14-21(20)30-2)18-11-7-8-12-19(18)23(27)16-9-5-4-6-10-16/h3-15,24-25,28-29H,1H2,2H3. The van der Waals surface area contributed by atoms with Crippen LogP contribution in [-0.4, -0.2) is 35.4 Å². The summed E-state index contributed by atoms with van der Waals surface area (Å²) in [7, 11) is 1.42. The summed E-state index contributed by atoms with van der Waals surface area (Å²) in [5, 5.41) is 19.6. The molecule has 1 unspecified atom stereocenters. The van der Waals surface area contributed by atoms with Gasteiger partial charge in [-0.1, -0.05) is 67.2 Å². The molecule has 0 bridgehead atoms. The molecule has 0 aromatic heterocycles. The summed E-state index contributed by atoms with van der Waals surface area (Å²) in [6.45, 7) is 3.33. The zero-order valence-corrected chi connectivity index (χ0v) is 16.9. The van der Waals surface area contributed by atoms with Crippen LogP contribution in [0.5, 0.6) is 5.75 Å². The van der Waals surface area contributed by atoms with Gasteiger partial charge >= 0.3 is 5.97 Å². The van der Waals surface area contributed by atoms with Gasteiger partial charge in [0.1, 0.15) is 5.75 Å². The van der Waals surface area contributed by atoms with Crippen LogP contribution in [0.25, 0.3) is 11.1 Å². The Morgan fingerprint density at radius 1 is 0.968 bits per heavy atom. The molecular formula is C25H22O6. The largest absolute Gasteiger partial charge is 0.496 e. The number of methoxy groups -OCH3 is 1. The molecule has 0 saturated carbocycles. The number of hydrogen-bond acceptors (Lipinski definition) is 6. The highest BCUT2D eigenvalue weighted by molar-refractivity contribution is 6.12. The highest BCUT2D eigenvalue weighted by Gasteiger charge is 2.27. The zero-order valence-electron chi connectivity index (χ0n) is 16.9. The van der Waals surface area contributed by atoms with Gasteiger partial charge in [-0.15, -0.1) is 0 Å². The van der Waals surface area contributed by atoms with Crippen molar-refractivity contribution in [2.75, 3.05) is 7.11 Å². The lowest BCUT2D eigenvalue weighted by Crippen LogP contribution is -2.23. The lowest BCUT2D eigenvalue weighted by Gasteiger charge is -2.22. The molecule has 6 nitrogen and oxygen atoms in total. The summed E-state index contributed by atoms with van der Waals surface area (Å²) < 4.78 is 10.4. The molecule has 0 amide bonds. The molecule has 3 rings (SSSR count).